The van der Waals surface area contributed by atoms with Crippen LogP contribution in [0.4, 0.5) is 0 Å². The maximum Gasteiger partial charge on any atom is 0.213 e. The highest BCUT2D eigenvalue weighted by molar-refractivity contribution is 5.48. The Kier molecular flexibility index (Phi) is 6.79. The third-order valence-corrected chi connectivity index (χ3v) is 3.38. The molecule has 0 spiro atoms. The van der Waals surface area contributed by atoms with Crippen molar-refractivity contribution in [2.45, 2.75) is 51.0 Å². The number of carbonyl (C=O) groups is 1. The van der Waals surface area contributed by atoms with Crippen molar-refractivity contribution in [2.24, 2.45) is 0 Å². The third-order valence-electron chi connectivity index (χ3n) is 3.38. The Bertz CT molecular complexity index is 392. The van der Waals surface area contributed by atoms with E-state index in [1.54, 1.807) is 0 Å². The molecule has 0 amide bonds. The first-order valence-electron chi connectivity index (χ1n) is 6.81. The summed E-state index contributed by atoms with van der Waals surface area (Å²) in [6, 6.07) is 9.82. The Morgan fingerprint density at radius 1 is 1.32 bits per heavy atom. The van der Waals surface area contributed by atoms with Crippen molar-refractivity contribution in [1.29, 1.82) is 0 Å². The molecule has 19 heavy (non-hydrogen) atoms. The lowest BCUT2D eigenvalue weighted by molar-refractivity contribution is -0.526. The molecule has 1 aromatic carbocycles. The van der Waals surface area contributed by atoms with Gasteiger partial charge in [-0.15, -0.1) is 0 Å². The van der Waals surface area contributed by atoms with Crippen molar-refractivity contribution in [1.82, 2.24) is 0 Å². The van der Waals surface area contributed by atoms with Crippen molar-refractivity contribution in [2.75, 3.05) is 0 Å². The minimum Gasteiger partial charge on any atom is -0.303 e. The van der Waals surface area contributed by atoms with E-state index in [4.69, 9.17) is 0 Å². The zero-order valence-corrected chi connectivity index (χ0v) is 11.3. The summed E-state index contributed by atoms with van der Waals surface area (Å²) in [5, 5.41) is 10.7. The van der Waals surface area contributed by atoms with Crippen LogP contribution >= 0.6 is 0 Å². The molecule has 0 aliphatic heterocycles. The first-order valence-corrected chi connectivity index (χ1v) is 6.81. The summed E-state index contributed by atoms with van der Waals surface area (Å²) in [5.74, 6) is 0.385. The van der Waals surface area contributed by atoms with Gasteiger partial charge in [-0.2, -0.15) is 0 Å². The average molecular weight is 263 g/mol. The molecular formula is C15H21NO3. The van der Waals surface area contributed by atoms with Gasteiger partial charge in [0.05, 0.1) is 0 Å². The van der Waals surface area contributed by atoms with Crippen LogP contribution in [0.5, 0.6) is 0 Å². The quantitative estimate of drug-likeness (QED) is 0.475. The third kappa shape index (κ3) is 5.20. The van der Waals surface area contributed by atoms with E-state index in [9.17, 15) is 14.9 Å². The normalized spacial score (nSPS) is 21.9. The van der Waals surface area contributed by atoms with E-state index in [0.717, 1.165) is 25.5 Å². The number of nitrogens with zero attached hydrogens (tertiary/aromatic N) is 1. The molecule has 2 unspecified atom stereocenters. The Labute approximate surface area is 114 Å². The van der Waals surface area contributed by atoms with Crippen LogP contribution in [0.1, 0.15) is 50.5 Å². The lowest BCUT2D eigenvalue weighted by Crippen LogP contribution is -2.26. The highest BCUT2D eigenvalue weighted by Gasteiger charge is 2.29. The van der Waals surface area contributed by atoms with Gasteiger partial charge in [0.25, 0.3) is 0 Å². The molecular weight excluding hydrogens is 242 g/mol. The van der Waals surface area contributed by atoms with Crippen molar-refractivity contribution in [3.8, 4) is 0 Å². The summed E-state index contributed by atoms with van der Waals surface area (Å²) >= 11 is 0. The predicted molar refractivity (Wildman–Crippen MR) is 74.8 cm³/mol. The number of hydrogen-bond acceptors (Lipinski definition) is 3. The van der Waals surface area contributed by atoms with Gasteiger partial charge in [0.15, 0.2) is 0 Å². The van der Waals surface area contributed by atoms with E-state index in [0.29, 0.717) is 18.8 Å². The molecule has 4 nitrogen and oxygen atoms in total. The number of hydrogen-bond donors (Lipinski definition) is 0. The van der Waals surface area contributed by atoms with Crippen LogP contribution in [-0.2, 0) is 4.79 Å². The number of rotatable bonds is 3. The van der Waals surface area contributed by atoms with Gasteiger partial charge in [-0.25, -0.2) is 0 Å². The first kappa shape index (κ1) is 15.3. The molecule has 4 heteroatoms. The molecule has 1 saturated carbocycles. The monoisotopic (exact) mass is 263 g/mol. The van der Waals surface area contributed by atoms with Crippen LogP contribution in [0, 0.1) is 10.1 Å². The molecule has 2 atom stereocenters. The summed E-state index contributed by atoms with van der Waals surface area (Å²) in [6.45, 7) is 1.81. The second-order valence-electron chi connectivity index (χ2n) is 4.79. The van der Waals surface area contributed by atoms with Crippen LogP contribution in [0.2, 0.25) is 0 Å². The van der Waals surface area contributed by atoms with Gasteiger partial charge in [-0.05, 0) is 24.3 Å². The van der Waals surface area contributed by atoms with Gasteiger partial charge in [-0.1, -0.05) is 37.3 Å². The Morgan fingerprint density at radius 3 is 2.47 bits per heavy atom. The largest absolute Gasteiger partial charge is 0.303 e. The van der Waals surface area contributed by atoms with Gasteiger partial charge in [0, 0.05) is 24.2 Å². The molecule has 1 aliphatic carbocycles. The fraction of sp³-hybridized carbons (Fsp3) is 0.533. The van der Waals surface area contributed by atoms with Crippen LogP contribution in [0.25, 0.3) is 0 Å². The van der Waals surface area contributed by atoms with Gasteiger partial charge < -0.3 is 4.79 Å². The SMILES string of the molecule is CCC=O.O=[N+]([O-])C1CCCC(c2ccccc2)C1. The molecule has 0 radical (unpaired) electrons. The Balaban J connectivity index is 0.000000399. The van der Waals surface area contributed by atoms with Gasteiger partial charge in [-0.3, -0.25) is 10.1 Å². The smallest absolute Gasteiger partial charge is 0.213 e. The summed E-state index contributed by atoms with van der Waals surface area (Å²) < 4.78 is 0. The molecule has 1 aliphatic rings. The zero-order chi connectivity index (χ0) is 14.1. The van der Waals surface area contributed by atoms with E-state index in [2.05, 4.69) is 12.1 Å². The number of carbonyl (C=O) groups excluding carboxylic acids is 1. The standard InChI is InChI=1S/C12H15NO2.C3H6O/c14-13(15)12-8-4-7-11(9-12)10-5-2-1-3-6-10;1-2-3-4/h1-3,5-6,11-12H,4,7-9H2;3H,2H2,1H3. The zero-order valence-electron chi connectivity index (χ0n) is 11.3. The van der Waals surface area contributed by atoms with E-state index in [-0.39, 0.29) is 11.0 Å². The maximum atomic E-state index is 10.7. The molecule has 0 saturated heterocycles. The summed E-state index contributed by atoms with van der Waals surface area (Å²) in [7, 11) is 0. The van der Waals surface area contributed by atoms with Gasteiger partial charge >= 0.3 is 0 Å². The van der Waals surface area contributed by atoms with Crippen molar-refractivity contribution >= 4 is 6.29 Å². The minimum atomic E-state index is -0.330. The fourth-order valence-corrected chi connectivity index (χ4v) is 2.38. The number of aldehydes is 1. The van der Waals surface area contributed by atoms with E-state index < -0.39 is 0 Å². The highest BCUT2D eigenvalue weighted by Crippen LogP contribution is 2.33. The molecule has 0 bridgehead atoms. The number of nitro groups is 1. The lowest BCUT2D eigenvalue weighted by atomic mass is 9.82. The van der Waals surface area contributed by atoms with Crippen LogP contribution in [0.15, 0.2) is 30.3 Å². The maximum absolute atomic E-state index is 10.7. The van der Waals surface area contributed by atoms with E-state index in [1.165, 1.54) is 5.56 Å². The van der Waals surface area contributed by atoms with E-state index in [1.807, 2.05) is 25.1 Å². The summed E-state index contributed by atoms with van der Waals surface area (Å²) in [4.78, 5) is 19.8. The fourth-order valence-electron chi connectivity index (χ4n) is 2.38. The van der Waals surface area contributed by atoms with Crippen molar-refractivity contribution < 1.29 is 9.72 Å². The number of benzene rings is 1. The molecule has 1 aromatic rings. The second-order valence-corrected chi connectivity index (χ2v) is 4.79. The molecule has 0 heterocycles. The lowest BCUT2D eigenvalue weighted by Gasteiger charge is -2.24. The average Bonchev–Trinajstić information content (AvgIpc) is 2.48. The summed E-state index contributed by atoms with van der Waals surface area (Å²) in [5.41, 5.74) is 1.25. The van der Waals surface area contributed by atoms with Crippen LogP contribution in [-0.4, -0.2) is 17.3 Å². The summed E-state index contributed by atoms with van der Waals surface area (Å²) in [6.07, 6.45) is 5.03. The molecule has 1 fully saturated rings. The van der Waals surface area contributed by atoms with E-state index >= 15 is 0 Å². The molecule has 2 rings (SSSR count). The van der Waals surface area contributed by atoms with Crippen molar-refractivity contribution in [3.05, 3.63) is 46.0 Å². The Morgan fingerprint density at radius 2 is 1.95 bits per heavy atom. The van der Waals surface area contributed by atoms with Crippen molar-refractivity contribution in [3.63, 3.8) is 0 Å². The Hall–Kier alpha value is -1.71. The highest BCUT2D eigenvalue weighted by atomic mass is 16.6. The van der Waals surface area contributed by atoms with Crippen LogP contribution in [0.3, 0.4) is 0 Å². The predicted octanol–water partition coefficient (Wildman–Crippen LogP) is 3.58. The minimum absolute atomic E-state index is 0.116. The molecule has 104 valence electrons. The molecule has 0 N–H and O–H groups in total. The topological polar surface area (TPSA) is 60.2 Å². The first-order chi connectivity index (χ1) is 9.19. The van der Waals surface area contributed by atoms with Gasteiger partial charge in [0.1, 0.15) is 6.29 Å². The van der Waals surface area contributed by atoms with Gasteiger partial charge in [0.2, 0.25) is 6.04 Å². The second kappa shape index (κ2) is 8.40. The van der Waals surface area contributed by atoms with Crippen LogP contribution < -0.4 is 0 Å². The molecule has 0 aromatic heterocycles.